The molecule has 1 heterocycles. The van der Waals surface area contributed by atoms with Gasteiger partial charge in [-0.05, 0) is 35.9 Å². The van der Waals surface area contributed by atoms with Crippen molar-refractivity contribution in [3.8, 4) is 0 Å². The molecule has 0 atom stereocenters. The van der Waals surface area contributed by atoms with Crippen molar-refractivity contribution in [3.63, 3.8) is 0 Å². The molecule has 2 rings (SSSR count). The Kier molecular flexibility index (Phi) is 4.08. The maximum Gasteiger partial charge on any atom is 0.300 e. The fraction of sp³-hybridized carbons (Fsp3) is 0.538. The molecule has 1 N–H and O–H groups in total. The van der Waals surface area contributed by atoms with E-state index in [1.807, 2.05) is 14.1 Å². The molecule has 0 radical (unpaired) electrons. The van der Waals surface area contributed by atoms with Crippen LogP contribution in [0.15, 0.2) is 16.8 Å². The molecule has 21 heavy (non-hydrogen) atoms. The number of hydrogen-bond acceptors (Lipinski definition) is 7. The zero-order valence-corrected chi connectivity index (χ0v) is 12.6. The van der Waals surface area contributed by atoms with Gasteiger partial charge in [0.1, 0.15) is 0 Å². The standard InChI is InChI=1S/C13H19N5O3/c1-13(2,8-17(3)4)7-14-9-5-6-10(18(19)20)12-11(9)15-21-16-12/h5-6,14H,7-8H2,1-4H3. The molecule has 0 saturated carbocycles. The van der Waals surface area contributed by atoms with E-state index < -0.39 is 4.92 Å². The average Bonchev–Trinajstić information content (AvgIpc) is 2.83. The Hall–Kier alpha value is -2.22. The van der Waals surface area contributed by atoms with Crippen molar-refractivity contribution in [1.29, 1.82) is 0 Å². The molecule has 0 bridgehead atoms. The molecule has 114 valence electrons. The van der Waals surface area contributed by atoms with E-state index in [4.69, 9.17) is 0 Å². The molecule has 0 aliphatic carbocycles. The lowest BCUT2D eigenvalue weighted by atomic mass is 9.93. The summed E-state index contributed by atoms with van der Waals surface area (Å²) < 4.78 is 4.64. The van der Waals surface area contributed by atoms with E-state index in [0.29, 0.717) is 17.7 Å². The Balaban J connectivity index is 2.22. The minimum absolute atomic E-state index is 0.0365. The van der Waals surface area contributed by atoms with Gasteiger partial charge in [-0.2, -0.15) is 0 Å². The normalized spacial score (nSPS) is 12.0. The second-order valence-electron chi connectivity index (χ2n) is 6.11. The fourth-order valence-corrected chi connectivity index (χ4v) is 2.39. The average molecular weight is 293 g/mol. The largest absolute Gasteiger partial charge is 0.383 e. The maximum absolute atomic E-state index is 10.9. The van der Waals surface area contributed by atoms with Gasteiger partial charge in [0.25, 0.3) is 0 Å². The van der Waals surface area contributed by atoms with E-state index in [9.17, 15) is 10.1 Å². The van der Waals surface area contributed by atoms with Crippen LogP contribution in [0.5, 0.6) is 0 Å². The number of nitrogens with zero attached hydrogens (tertiary/aromatic N) is 4. The second kappa shape index (κ2) is 5.65. The third-order valence-corrected chi connectivity index (χ3v) is 3.09. The first-order chi connectivity index (χ1) is 9.80. The summed E-state index contributed by atoms with van der Waals surface area (Å²) in [7, 11) is 4.04. The molecule has 8 heteroatoms. The summed E-state index contributed by atoms with van der Waals surface area (Å²) in [5.74, 6) is 0. The van der Waals surface area contributed by atoms with Gasteiger partial charge >= 0.3 is 5.69 Å². The number of hydrogen-bond donors (Lipinski definition) is 1. The molecular formula is C13H19N5O3. The third kappa shape index (κ3) is 3.46. The summed E-state index contributed by atoms with van der Waals surface area (Å²) in [6, 6.07) is 3.05. The second-order valence-corrected chi connectivity index (χ2v) is 6.11. The summed E-state index contributed by atoms with van der Waals surface area (Å²) in [6.45, 7) is 5.89. The van der Waals surface area contributed by atoms with Gasteiger partial charge in [-0.25, -0.2) is 4.63 Å². The molecule has 0 amide bonds. The van der Waals surface area contributed by atoms with E-state index in [1.165, 1.54) is 6.07 Å². The summed E-state index contributed by atoms with van der Waals surface area (Å²) in [5.41, 5.74) is 1.16. The highest BCUT2D eigenvalue weighted by Crippen LogP contribution is 2.29. The van der Waals surface area contributed by atoms with Gasteiger partial charge in [-0.1, -0.05) is 13.8 Å². The zero-order valence-electron chi connectivity index (χ0n) is 12.6. The molecule has 1 aromatic heterocycles. The van der Waals surface area contributed by atoms with Crippen molar-refractivity contribution >= 4 is 22.4 Å². The van der Waals surface area contributed by atoms with Gasteiger partial charge in [-0.15, -0.1) is 0 Å². The smallest absolute Gasteiger partial charge is 0.300 e. The molecule has 1 aromatic carbocycles. The highest BCUT2D eigenvalue weighted by molar-refractivity contribution is 5.93. The zero-order chi connectivity index (χ0) is 15.6. The van der Waals surface area contributed by atoms with Gasteiger partial charge in [0.05, 0.1) is 10.6 Å². The van der Waals surface area contributed by atoms with Crippen LogP contribution in [0.2, 0.25) is 0 Å². The van der Waals surface area contributed by atoms with Crippen molar-refractivity contribution in [2.45, 2.75) is 13.8 Å². The highest BCUT2D eigenvalue weighted by atomic mass is 16.6. The van der Waals surface area contributed by atoms with Gasteiger partial charge in [0, 0.05) is 19.2 Å². The molecule has 0 saturated heterocycles. The molecule has 8 nitrogen and oxygen atoms in total. The number of nitrogens with one attached hydrogen (secondary N) is 1. The summed E-state index contributed by atoms with van der Waals surface area (Å²) in [4.78, 5) is 12.6. The molecule has 0 aliphatic rings. The SMILES string of the molecule is CN(C)CC(C)(C)CNc1ccc([N+](=O)[O-])c2nonc12. The van der Waals surface area contributed by atoms with Crippen LogP contribution in [0.4, 0.5) is 11.4 Å². The van der Waals surface area contributed by atoms with Crippen LogP contribution in [-0.2, 0) is 0 Å². The van der Waals surface area contributed by atoms with Gasteiger partial charge in [-0.3, -0.25) is 10.1 Å². The highest BCUT2D eigenvalue weighted by Gasteiger charge is 2.22. The number of aromatic nitrogens is 2. The first-order valence-corrected chi connectivity index (χ1v) is 6.58. The predicted molar refractivity (Wildman–Crippen MR) is 79.3 cm³/mol. The number of rotatable bonds is 6. The minimum Gasteiger partial charge on any atom is -0.383 e. The molecule has 0 unspecified atom stereocenters. The quantitative estimate of drug-likeness (QED) is 0.643. The van der Waals surface area contributed by atoms with Gasteiger partial charge in [0.2, 0.25) is 5.52 Å². The fourth-order valence-electron chi connectivity index (χ4n) is 2.39. The van der Waals surface area contributed by atoms with E-state index in [-0.39, 0.29) is 16.6 Å². The lowest BCUT2D eigenvalue weighted by molar-refractivity contribution is -0.383. The number of anilines is 1. The topological polar surface area (TPSA) is 97.3 Å². The number of nitro groups is 1. The van der Waals surface area contributed by atoms with Crippen molar-refractivity contribution in [3.05, 3.63) is 22.2 Å². The number of benzene rings is 1. The molecule has 0 spiro atoms. The van der Waals surface area contributed by atoms with E-state index in [1.54, 1.807) is 6.07 Å². The summed E-state index contributed by atoms with van der Waals surface area (Å²) >= 11 is 0. The predicted octanol–water partition coefficient (Wildman–Crippen LogP) is 2.13. The van der Waals surface area contributed by atoms with Crippen LogP contribution in [0, 0.1) is 15.5 Å². The minimum atomic E-state index is -0.494. The Morgan fingerprint density at radius 1 is 1.33 bits per heavy atom. The molecule has 0 fully saturated rings. The Bertz CT molecular complexity index is 650. The molecular weight excluding hydrogens is 274 g/mol. The van der Waals surface area contributed by atoms with Gasteiger partial charge in [0.15, 0.2) is 5.52 Å². The monoisotopic (exact) mass is 293 g/mol. The first-order valence-electron chi connectivity index (χ1n) is 6.58. The van der Waals surface area contributed by atoms with Crippen LogP contribution in [0.1, 0.15) is 13.8 Å². The Morgan fingerprint density at radius 2 is 2.00 bits per heavy atom. The Labute approximate surface area is 122 Å². The Morgan fingerprint density at radius 3 is 2.62 bits per heavy atom. The van der Waals surface area contributed by atoms with Crippen LogP contribution < -0.4 is 5.32 Å². The van der Waals surface area contributed by atoms with Crippen LogP contribution in [-0.4, -0.2) is 47.3 Å². The van der Waals surface area contributed by atoms with E-state index in [0.717, 1.165) is 6.54 Å². The molecule has 2 aromatic rings. The summed E-state index contributed by atoms with van der Waals surface area (Å²) in [5, 5.41) is 21.6. The third-order valence-electron chi connectivity index (χ3n) is 3.09. The maximum atomic E-state index is 10.9. The summed E-state index contributed by atoms with van der Waals surface area (Å²) in [6.07, 6.45) is 0. The lowest BCUT2D eigenvalue weighted by Crippen LogP contribution is -2.34. The molecule has 0 aliphatic heterocycles. The van der Waals surface area contributed by atoms with Crippen molar-refractivity contribution in [1.82, 2.24) is 15.2 Å². The van der Waals surface area contributed by atoms with Crippen molar-refractivity contribution in [2.24, 2.45) is 5.41 Å². The van der Waals surface area contributed by atoms with Crippen molar-refractivity contribution < 1.29 is 9.55 Å². The number of nitro benzene ring substituents is 1. The van der Waals surface area contributed by atoms with Crippen LogP contribution in [0.25, 0.3) is 11.0 Å². The van der Waals surface area contributed by atoms with E-state index >= 15 is 0 Å². The number of non-ortho nitro benzene ring substituents is 1. The van der Waals surface area contributed by atoms with E-state index in [2.05, 4.69) is 39.0 Å². The van der Waals surface area contributed by atoms with Crippen LogP contribution >= 0.6 is 0 Å². The first kappa shape index (κ1) is 15.2. The lowest BCUT2D eigenvalue weighted by Gasteiger charge is -2.28. The van der Waals surface area contributed by atoms with Gasteiger partial charge < -0.3 is 10.2 Å². The van der Waals surface area contributed by atoms with Crippen molar-refractivity contribution in [2.75, 3.05) is 32.5 Å². The number of fused-ring (bicyclic) bond motifs is 1. The van der Waals surface area contributed by atoms with Crippen LogP contribution in [0.3, 0.4) is 0 Å².